The molecule has 1 heterocycles. The van der Waals surface area contributed by atoms with Gasteiger partial charge in [-0.2, -0.15) is 0 Å². The average molecular weight is 282 g/mol. The van der Waals surface area contributed by atoms with Gasteiger partial charge in [-0.05, 0) is 24.3 Å². The number of nitrogens with one attached hydrogen (secondary N) is 1. The van der Waals surface area contributed by atoms with Crippen LogP contribution < -0.4 is 11.1 Å². The summed E-state index contributed by atoms with van der Waals surface area (Å²) in [5.74, 6) is -1.72. The van der Waals surface area contributed by atoms with E-state index in [4.69, 9.17) is 22.4 Å². The van der Waals surface area contributed by atoms with Crippen LogP contribution in [0.3, 0.4) is 0 Å². The summed E-state index contributed by atoms with van der Waals surface area (Å²) in [5.41, 5.74) is 5.56. The topological polar surface area (TPSA) is 88.2 Å². The number of aromatic carboxylic acids is 1. The van der Waals surface area contributed by atoms with Crippen LogP contribution in [-0.4, -0.2) is 16.1 Å². The normalized spacial score (nSPS) is 10.2. The fourth-order valence-corrected chi connectivity index (χ4v) is 1.64. The van der Waals surface area contributed by atoms with Gasteiger partial charge in [-0.3, -0.25) is 0 Å². The van der Waals surface area contributed by atoms with Gasteiger partial charge in [-0.25, -0.2) is 14.2 Å². The molecule has 0 atom stereocenters. The van der Waals surface area contributed by atoms with Gasteiger partial charge in [0, 0.05) is 5.02 Å². The first-order valence-corrected chi connectivity index (χ1v) is 5.56. The molecule has 0 saturated heterocycles. The molecule has 7 heteroatoms. The molecule has 0 bridgehead atoms. The van der Waals surface area contributed by atoms with Gasteiger partial charge < -0.3 is 16.2 Å². The van der Waals surface area contributed by atoms with Crippen molar-refractivity contribution in [2.24, 2.45) is 0 Å². The van der Waals surface area contributed by atoms with Gasteiger partial charge in [0.15, 0.2) is 0 Å². The van der Waals surface area contributed by atoms with E-state index in [1.807, 2.05) is 0 Å². The number of pyridine rings is 1. The molecule has 2 aromatic rings. The van der Waals surface area contributed by atoms with E-state index >= 15 is 0 Å². The highest BCUT2D eigenvalue weighted by atomic mass is 35.5. The van der Waals surface area contributed by atoms with Crippen molar-refractivity contribution in [3.63, 3.8) is 0 Å². The summed E-state index contributed by atoms with van der Waals surface area (Å²) in [6, 6.07) is 5.20. The quantitative estimate of drug-likeness (QED) is 0.805. The predicted molar refractivity (Wildman–Crippen MR) is 70.3 cm³/mol. The van der Waals surface area contributed by atoms with Gasteiger partial charge in [0.05, 0.1) is 23.1 Å². The summed E-state index contributed by atoms with van der Waals surface area (Å²) in [6.07, 6.45) is 1.23. The van der Waals surface area contributed by atoms with Crippen LogP contribution in [0, 0.1) is 5.82 Å². The van der Waals surface area contributed by atoms with Gasteiger partial charge in [0.1, 0.15) is 11.6 Å². The highest BCUT2D eigenvalue weighted by molar-refractivity contribution is 6.30. The minimum absolute atomic E-state index is 0.0690. The van der Waals surface area contributed by atoms with Crippen LogP contribution in [0.25, 0.3) is 0 Å². The lowest BCUT2D eigenvalue weighted by molar-refractivity contribution is 0.0698. The molecule has 1 aromatic carbocycles. The van der Waals surface area contributed by atoms with Crippen LogP contribution in [0.4, 0.5) is 21.6 Å². The Hall–Kier alpha value is -2.34. The fourth-order valence-electron chi connectivity index (χ4n) is 1.48. The zero-order valence-electron chi connectivity index (χ0n) is 9.52. The number of aromatic nitrogens is 1. The van der Waals surface area contributed by atoms with Crippen LogP contribution in [0.5, 0.6) is 0 Å². The number of hydrogen-bond acceptors (Lipinski definition) is 4. The number of carbonyl (C=O) groups is 1. The number of rotatable bonds is 3. The Bertz CT molecular complexity index is 649. The van der Waals surface area contributed by atoms with Crippen LogP contribution >= 0.6 is 11.6 Å². The van der Waals surface area contributed by atoms with Gasteiger partial charge in [-0.1, -0.05) is 11.6 Å². The number of halogens is 2. The summed E-state index contributed by atoms with van der Waals surface area (Å²) in [6.45, 7) is 0. The van der Waals surface area contributed by atoms with E-state index in [9.17, 15) is 9.18 Å². The largest absolute Gasteiger partial charge is 0.478 e. The average Bonchev–Trinajstić information content (AvgIpc) is 2.34. The minimum Gasteiger partial charge on any atom is -0.478 e. The molecule has 0 aliphatic rings. The number of nitrogens with zero attached hydrogens (tertiary/aromatic N) is 1. The zero-order valence-corrected chi connectivity index (χ0v) is 10.3. The Balaban J connectivity index is 2.40. The van der Waals surface area contributed by atoms with Crippen LogP contribution in [0.2, 0.25) is 5.02 Å². The van der Waals surface area contributed by atoms with E-state index in [2.05, 4.69) is 10.3 Å². The molecule has 0 fully saturated rings. The number of hydrogen-bond donors (Lipinski definition) is 3. The number of benzene rings is 1. The maximum atomic E-state index is 13.6. The maximum absolute atomic E-state index is 13.6. The Morgan fingerprint density at radius 3 is 2.74 bits per heavy atom. The highest BCUT2D eigenvalue weighted by Crippen LogP contribution is 2.25. The van der Waals surface area contributed by atoms with Crippen LogP contribution in [-0.2, 0) is 0 Å². The monoisotopic (exact) mass is 281 g/mol. The van der Waals surface area contributed by atoms with Crippen molar-refractivity contribution in [3.05, 3.63) is 46.9 Å². The molecular weight excluding hydrogens is 273 g/mol. The first kappa shape index (κ1) is 13.1. The molecule has 0 saturated carbocycles. The van der Waals surface area contributed by atoms with Crippen molar-refractivity contribution in [1.29, 1.82) is 0 Å². The van der Waals surface area contributed by atoms with E-state index in [0.717, 1.165) is 6.07 Å². The van der Waals surface area contributed by atoms with Crippen LogP contribution in [0.15, 0.2) is 30.5 Å². The maximum Gasteiger partial charge on any atom is 0.338 e. The Labute approximate surface area is 112 Å². The molecular formula is C12H9ClFN3O2. The molecule has 2 rings (SSSR count). The number of nitrogens with two attached hydrogens (primary N) is 1. The second kappa shape index (κ2) is 5.11. The third-order valence-electron chi connectivity index (χ3n) is 2.36. The van der Waals surface area contributed by atoms with E-state index in [1.165, 1.54) is 24.4 Å². The molecule has 0 spiro atoms. The van der Waals surface area contributed by atoms with Crippen molar-refractivity contribution >= 4 is 34.8 Å². The van der Waals surface area contributed by atoms with Gasteiger partial charge in [0.25, 0.3) is 0 Å². The SMILES string of the molecule is Nc1cc(C(=O)O)c(Nc2ccc(Cl)cc2F)cn1. The third-order valence-corrected chi connectivity index (χ3v) is 2.59. The molecule has 4 N–H and O–H groups in total. The van der Waals surface area contributed by atoms with Crippen molar-refractivity contribution in [2.75, 3.05) is 11.1 Å². The molecule has 0 radical (unpaired) electrons. The predicted octanol–water partition coefficient (Wildman–Crippen LogP) is 2.90. The van der Waals surface area contributed by atoms with Gasteiger partial charge in [0.2, 0.25) is 0 Å². The molecule has 0 amide bonds. The standard InChI is InChI=1S/C12H9ClFN3O2/c13-6-1-2-9(8(14)3-6)17-10-5-16-11(15)4-7(10)12(18)19/h1-5,17H,(H2,15,16)(H,18,19). The Kier molecular flexibility index (Phi) is 3.52. The molecule has 1 aromatic heterocycles. The van der Waals surface area contributed by atoms with Crippen LogP contribution in [0.1, 0.15) is 10.4 Å². The smallest absolute Gasteiger partial charge is 0.338 e. The van der Waals surface area contributed by atoms with Crippen molar-refractivity contribution in [3.8, 4) is 0 Å². The Morgan fingerprint density at radius 1 is 1.37 bits per heavy atom. The van der Waals surface area contributed by atoms with Crippen molar-refractivity contribution in [2.45, 2.75) is 0 Å². The highest BCUT2D eigenvalue weighted by Gasteiger charge is 2.13. The molecule has 0 unspecified atom stereocenters. The first-order chi connectivity index (χ1) is 8.97. The number of carboxylic acids is 1. The second-order valence-corrected chi connectivity index (χ2v) is 4.15. The zero-order chi connectivity index (χ0) is 14.0. The van der Waals surface area contributed by atoms with Crippen molar-refractivity contribution in [1.82, 2.24) is 4.98 Å². The van der Waals surface area contributed by atoms with E-state index < -0.39 is 11.8 Å². The summed E-state index contributed by atoms with van der Waals surface area (Å²) in [5, 5.41) is 11.9. The fraction of sp³-hybridized carbons (Fsp3) is 0. The third kappa shape index (κ3) is 2.92. The molecule has 5 nitrogen and oxygen atoms in total. The number of nitrogen functional groups attached to an aromatic ring is 1. The summed E-state index contributed by atoms with van der Waals surface area (Å²) >= 11 is 5.63. The number of anilines is 3. The second-order valence-electron chi connectivity index (χ2n) is 3.71. The molecule has 0 aliphatic carbocycles. The lowest BCUT2D eigenvalue weighted by Crippen LogP contribution is -2.06. The van der Waals surface area contributed by atoms with E-state index in [-0.39, 0.29) is 27.8 Å². The minimum atomic E-state index is -1.19. The van der Waals surface area contributed by atoms with Gasteiger partial charge in [-0.15, -0.1) is 0 Å². The molecule has 98 valence electrons. The first-order valence-electron chi connectivity index (χ1n) is 5.18. The van der Waals surface area contributed by atoms with Gasteiger partial charge >= 0.3 is 5.97 Å². The summed E-state index contributed by atoms with van der Waals surface area (Å²) < 4.78 is 13.6. The summed E-state index contributed by atoms with van der Waals surface area (Å²) in [7, 11) is 0. The number of carboxylic acid groups (broad SMARTS) is 1. The summed E-state index contributed by atoms with van der Waals surface area (Å²) in [4.78, 5) is 14.8. The van der Waals surface area contributed by atoms with Crippen molar-refractivity contribution < 1.29 is 14.3 Å². The lowest BCUT2D eigenvalue weighted by Gasteiger charge is -2.10. The van der Waals surface area contributed by atoms with E-state index in [0.29, 0.717) is 0 Å². The Morgan fingerprint density at radius 2 is 2.11 bits per heavy atom. The molecule has 0 aliphatic heterocycles. The van der Waals surface area contributed by atoms with E-state index in [1.54, 1.807) is 0 Å². The molecule has 19 heavy (non-hydrogen) atoms. The lowest BCUT2D eigenvalue weighted by atomic mass is 10.2.